The molecule has 0 aliphatic heterocycles. The molecule has 0 saturated heterocycles. The van der Waals surface area contributed by atoms with Gasteiger partial charge in [-0.15, -0.1) is 0 Å². The van der Waals surface area contributed by atoms with Gasteiger partial charge in [-0.25, -0.2) is 0 Å². The summed E-state index contributed by atoms with van der Waals surface area (Å²) in [5.41, 5.74) is 3.52. The van der Waals surface area contributed by atoms with Crippen LogP contribution in [-0.2, 0) is 0 Å². The van der Waals surface area contributed by atoms with Crippen molar-refractivity contribution in [2.24, 2.45) is 0 Å². The van der Waals surface area contributed by atoms with Crippen LogP contribution in [0.25, 0.3) is 0 Å². The molecule has 1 N–H and O–H groups in total. The summed E-state index contributed by atoms with van der Waals surface area (Å²) in [6.45, 7) is 2.02. The Morgan fingerprint density at radius 1 is 1.33 bits per heavy atom. The van der Waals surface area contributed by atoms with Crippen molar-refractivity contribution < 1.29 is 9.84 Å². The van der Waals surface area contributed by atoms with E-state index >= 15 is 0 Å². The Balaban J connectivity index is 2.08. The minimum Gasteiger partial charge on any atom is -0.497 e. The highest BCUT2D eigenvalue weighted by molar-refractivity contribution is 5.36. The van der Waals surface area contributed by atoms with Crippen molar-refractivity contribution in [3.63, 3.8) is 0 Å². The largest absolute Gasteiger partial charge is 0.497 e. The molecule has 0 spiro atoms. The number of methoxy groups -OCH3 is 1. The third-order valence-electron chi connectivity index (χ3n) is 3.68. The molecule has 18 heavy (non-hydrogen) atoms. The Hall–Kier alpha value is -1.28. The van der Waals surface area contributed by atoms with E-state index in [1.165, 1.54) is 24.8 Å². The quantitative estimate of drug-likeness (QED) is 0.816. The minimum atomic E-state index is -0.389. The number of aliphatic hydroxyl groups excluding tert-OH is 1. The summed E-state index contributed by atoms with van der Waals surface area (Å²) in [5.74, 6) is 0.848. The SMILES string of the molecule is COc1ccc(C(O)CC2=CCCCC2)c(C)c1. The molecule has 0 heterocycles. The van der Waals surface area contributed by atoms with Crippen molar-refractivity contribution in [3.8, 4) is 5.75 Å². The van der Waals surface area contributed by atoms with Crippen LogP contribution in [0.4, 0.5) is 0 Å². The number of benzene rings is 1. The maximum absolute atomic E-state index is 10.3. The number of rotatable bonds is 4. The van der Waals surface area contributed by atoms with E-state index in [-0.39, 0.29) is 6.10 Å². The van der Waals surface area contributed by atoms with Crippen molar-refractivity contribution >= 4 is 0 Å². The molecule has 98 valence electrons. The van der Waals surface area contributed by atoms with Gasteiger partial charge in [0.05, 0.1) is 13.2 Å². The van der Waals surface area contributed by atoms with Gasteiger partial charge in [-0.1, -0.05) is 17.7 Å². The molecule has 1 aromatic rings. The molecule has 1 aliphatic carbocycles. The molecule has 1 unspecified atom stereocenters. The van der Waals surface area contributed by atoms with Crippen LogP contribution in [0, 0.1) is 6.92 Å². The Labute approximate surface area is 109 Å². The second-order valence-corrected chi connectivity index (χ2v) is 5.05. The number of allylic oxidation sites excluding steroid dienone is 1. The van der Waals surface area contributed by atoms with Gasteiger partial charge in [0.15, 0.2) is 0 Å². The first kappa shape index (κ1) is 13.2. The lowest BCUT2D eigenvalue weighted by molar-refractivity contribution is 0.175. The van der Waals surface area contributed by atoms with Crippen molar-refractivity contribution in [3.05, 3.63) is 41.0 Å². The molecule has 0 bridgehead atoms. The van der Waals surface area contributed by atoms with Crippen molar-refractivity contribution in [1.82, 2.24) is 0 Å². The van der Waals surface area contributed by atoms with Gasteiger partial charge >= 0.3 is 0 Å². The first-order valence-electron chi connectivity index (χ1n) is 6.71. The van der Waals surface area contributed by atoms with Crippen molar-refractivity contribution in [1.29, 1.82) is 0 Å². The molecule has 0 aromatic heterocycles. The Morgan fingerprint density at radius 2 is 2.17 bits per heavy atom. The number of hydrogen-bond acceptors (Lipinski definition) is 2. The number of aliphatic hydroxyl groups is 1. The molecule has 0 amide bonds. The van der Waals surface area contributed by atoms with Gasteiger partial charge in [0.25, 0.3) is 0 Å². The molecule has 0 saturated carbocycles. The highest BCUT2D eigenvalue weighted by atomic mass is 16.5. The van der Waals surface area contributed by atoms with Crippen LogP contribution in [0.2, 0.25) is 0 Å². The molecule has 2 nitrogen and oxygen atoms in total. The summed E-state index contributed by atoms with van der Waals surface area (Å²) < 4.78 is 5.19. The van der Waals surface area contributed by atoms with Gasteiger partial charge in [-0.05, 0) is 62.3 Å². The van der Waals surface area contributed by atoms with Crippen LogP contribution < -0.4 is 4.74 Å². The van der Waals surface area contributed by atoms with E-state index in [1.54, 1.807) is 7.11 Å². The standard InChI is InChI=1S/C16H22O2/c1-12-10-14(18-2)8-9-15(12)16(17)11-13-6-4-3-5-7-13/h6,8-10,16-17H,3-5,7,11H2,1-2H3. The van der Waals surface area contributed by atoms with Crippen LogP contribution in [0.3, 0.4) is 0 Å². The first-order valence-corrected chi connectivity index (χ1v) is 6.71. The van der Waals surface area contributed by atoms with Crippen molar-refractivity contribution in [2.75, 3.05) is 7.11 Å². The van der Waals surface area contributed by atoms with Gasteiger partial charge in [0, 0.05) is 0 Å². The van der Waals surface area contributed by atoms with Gasteiger partial charge in [0.2, 0.25) is 0 Å². The second-order valence-electron chi connectivity index (χ2n) is 5.05. The molecule has 1 atom stereocenters. The Bertz CT molecular complexity index is 435. The van der Waals surface area contributed by atoms with E-state index in [0.29, 0.717) is 0 Å². The van der Waals surface area contributed by atoms with E-state index in [1.807, 2.05) is 25.1 Å². The summed E-state index contributed by atoms with van der Waals surface area (Å²) in [7, 11) is 1.66. The summed E-state index contributed by atoms with van der Waals surface area (Å²) in [4.78, 5) is 0. The Morgan fingerprint density at radius 3 is 2.78 bits per heavy atom. The van der Waals surface area contributed by atoms with Crippen LogP contribution in [0.5, 0.6) is 5.75 Å². The smallest absolute Gasteiger partial charge is 0.119 e. The first-order chi connectivity index (χ1) is 8.70. The molecule has 0 fully saturated rings. The van der Waals surface area contributed by atoms with E-state index in [0.717, 1.165) is 29.7 Å². The maximum Gasteiger partial charge on any atom is 0.119 e. The molecule has 0 radical (unpaired) electrons. The predicted octanol–water partition coefficient (Wildman–Crippen LogP) is 3.93. The van der Waals surface area contributed by atoms with Crippen LogP contribution in [-0.4, -0.2) is 12.2 Å². The zero-order valence-electron chi connectivity index (χ0n) is 11.3. The van der Waals surface area contributed by atoms with Crippen LogP contribution in [0.1, 0.15) is 49.3 Å². The van der Waals surface area contributed by atoms with Gasteiger partial charge in [0.1, 0.15) is 5.75 Å². The molecule has 1 aromatic carbocycles. The topological polar surface area (TPSA) is 29.5 Å². The van der Waals surface area contributed by atoms with Crippen molar-refractivity contribution in [2.45, 2.75) is 45.1 Å². The third kappa shape index (κ3) is 3.14. The third-order valence-corrected chi connectivity index (χ3v) is 3.68. The summed E-state index contributed by atoms with van der Waals surface area (Å²) in [5, 5.41) is 10.3. The molecule has 2 rings (SSSR count). The fourth-order valence-electron chi connectivity index (χ4n) is 2.60. The van der Waals surface area contributed by atoms with Gasteiger partial charge in [-0.2, -0.15) is 0 Å². The normalized spacial score (nSPS) is 17.2. The fourth-order valence-corrected chi connectivity index (χ4v) is 2.60. The average Bonchev–Trinajstić information content (AvgIpc) is 2.39. The van der Waals surface area contributed by atoms with E-state index in [9.17, 15) is 5.11 Å². The molecular formula is C16H22O2. The maximum atomic E-state index is 10.3. The predicted molar refractivity (Wildman–Crippen MR) is 73.9 cm³/mol. The van der Waals surface area contributed by atoms with E-state index in [4.69, 9.17) is 4.74 Å². The monoisotopic (exact) mass is 246 g/mol. The van der Waals surface area contributed by atoms with Crippen LogP contribution >= 0.6 is 0 Å². The molecular weight excluding hydrogens is 224 g/mol. The Kier molecular flexibility index (Phi) is 4.43. The number of ether oxygens (including phenoxy) is 1. The number of aryl methyl sites for hydroxylation is 1. The van der Waals surface area contributed by atoms with Crippen LogP contribution in [0.15, 0.2) is 29.8 Å². The molecule has 2 heteroatoms. The summed E-state index contributed by atoms with van der Waals surface area (Å²) >= 11 is 0. The van der Waals surface area contributed by atoms with Gasteiger partial charge < -0.3 is 9.84 Å². The van der Waals surface area contributed by atoms with E-state index < -0.39 is 0 Å². The van der Waals surface area contributed by atoms with Gasteiger partial charge in [-0.3, -0.25) is 0 Å². The summed E-state index contributed by atoms with van der Waals surface area (Å²) in [6, 6.07) is 5.87. The minimum absolute atomic E-state index is 0.389. The summed E-state index contributed by atoms with van der Waals surface area (Å²) in [6.07, 6.45) is 7.55. The molecule has 1 aliphatic rings. The lowest BCUT2D eigenvalue weighted by Gasteiger charge is -2.18. The lowest BCUT2D eigenvalue weighted by Crippen LogP contribution is -2.03. The number of hydrogen-bond donors (Lipinski definition) is 1. The second kappa shape index (κ2) is 6.05. The zero-order chi connectivity index (χ0) is 13.0. The average molecular weight is 246 g/mol. The highest BCUT2D eigenvalue weighted by Gasteiger charge is 2.14. The highest BCUT2D eigenvalue weighted by Crippen LogP contribution is 2.30. The fraction of sp³-hybridized carbons (Fsp3) is 0.500. The lowest BCUT2D eigenvalue weighted by atomic mass is 9.91. The van der Waals surface area contributed by atoms with E-state index in [2.05, 4.69) is 6.08 Å². The zero-order valence-corrected chi connectivity index (χ0v) is 11.3.